The highest BCUT2D eigenvalue weighted by molar-refractivity contribution is 6.28. The SMILES string of the molecule is CCCCC.O=C1C=CC(=O)N1c1ccccc1. The van der Waals surface area contributed by atoms with Gasteiger partial charge >= 0.3 is 0 Å². The van der Waals surface area contributed by atoms with Gasteiger partial charge in [0.25, 0.3) is 11.8 Å². The van der Waals surface area contributed by atoms with Crippen molar-refractivity contribution in [1.29, 1.82) is 0 Å². The van der Waals surface area contributed by atoms with E-state index in [1.165, 1.54) is 31.4 Å². The first-order valence-electron chi connectivity index (χ1n) is 6.31. The zero-order valence-electron chi connectivity index (χ0n) is 10.9. The molecule has 1 aromatic rings. The van der Waals surface area contributed by atoms with Crippen LogP contribution in [0, 0.1) is 0 Å². The van der Waals surface area contributed by atoms with Crippen molar-refractivity contribution in [2.75, 3.05) is 4.90 Å². The predicted molar refractivity (Wildman–Crippen MR) is 73.3 cm³/mol. The summed E-state index contributed by atoms with van der Waals surface area (Å²) in [5, 5.41) is 0. The number of carbonyl (C=O) groups excluding carboxylic acids is 2. The molecular weight excluding hydrogens is 226 g/mol. The predicted octanol–water partition coefficient (Wildman–Crippen LogP) is 3.31. The maximum absolute atomic E-state index is 11.2. The van der Waals surface area contributed by atoms with Crippen LogP contribution in [-0.4, -0.2) is 11.8 Å². The molecule has 0 saturated carbocycles. The molecule has 1 aliphatic heterocycles. The Morgan fingerprint density at radius 1 is 0.889 bits per heavy atom. The number of unbranched alkanes of at least 4 members (excludes halogenated alkanes) is 2. The summed E-state index contributed by atoms with van der Waals surface area (Å²) in [6.07, 6.45) is 6.62. The standard InChI is InChI=1S/C10H7NO2.C5H12/c12-9-6-7-10(13)11(9)8-4-2-1-3-5-8;1-3-5-4-2/h1-7H;3-5H2,1-2H3. The van der Waals surface area contributed by atoms with Gasteiger partial charge in [-0.05, 0) is 12.1 Å². The second kappa shape index (κ2) is 7.43. The van der Waals surface area contributed by atoms with Crippen molar-refractivity contribution in [1.82, 2.24) is 0 Å². The van der Waals surface area contributed by atoms with Crippen LogP contribution in [0.4, 0.5) is 5.69 Å². The van der Waals surface area contributed by atoms with Gasteiger partial charge in [0.05, 0.1) is 5.69 Å². The fourth-order valence-electron chi connectivity index (χ4n) is 1.59. The van der Waals surface area contributed by atoms with E-state index in [4.69, 9.17) is 0 Å². The van der Waals surface area contributed by atoms with Crippen LogP contribution in [-0.2, 0) is 9.59 Å². The Kier molecular flexibility index (Phi) is 5.85. The molecule has 0 bridgehead atoms. The molecule has 0 aromatic heterocycles. The molecule has 1 aliphatic rings. The molecule has 0 radical (unpaired) electrons. The van der Waals surface area contributed by atoms with Crippen LogP contribution >= 0.6 is 0 Å². The summed E-state index contributed by atoms with van der Waals surface area (Å²) >= 11 is 0. The third-order valence-electron chi connectivity index (χ3n) is 2.53. The molecule has 0 saturated heterocycles. The summed E-state index contributed by atoms with van der Waals surface area (Å²) in [7, 11) is 0. The van der Waals surface area contributed by atoms with Crippen molar-refractivity contribution in [3.8, 4) is 0 Å². The van der Waals surface area contributed by atoms with E-state index >= 15 is 0 Å². The highest BCUT2D eigenvalue weighted by atomic mass is 16.2. The lowest BCUT2D eigenvalue weighted by Crippen LogP contribution is -2.29. The van der Waals surface area contributed by atoms with E-state index in [-0.39, 0.29) is 11.8 Å². The number of para-hydroxylation sites is 1. The van der Waals surface area contributed by atoms with Crippen LogP contribution in [0.25, 0.3) is 0 Å². The summed E-state index contributed by atoms with van der Waals surface area (Å²) in [4.78, 5) is 23.5. The number of carbonyl (C=O) groups is 2. The number of benzene rings is 1. The number of hydrogen-bond acceptors (Lipinski definition) is 2. The Bertz CT molecular complexity index is 403. The van der Waals surface area contributed by atoms with Gasteiger partial charge in [-0.1, -0.05) is 51.3 Å². The van der Waals surface area contributed by atoms with Crippen LogP contribution < -0.4 is 4.90 Å². The Labute approximate surface area is 108 Å². The van der Waals surface area contributed by atoms with Gasteiger partial charge in [-0.2, -0.15) is 0 Å². The van der Waals surface area contributed by atoms with Crippen LogP contribution in [0.15, 0.2) is 42.5 Å². The lowest BCUT2D eigenvalue weighted by Gasteiger charge is -2.12. The fourth-order valence-corrected chi connectivity index (χ4v) is 1.59. The third kappa shape index (κ3) is 3.84. The summed E-state index contributed by atoms with van der Waals surface area (Å²) in [6.45, 7) is 4.42. The van der Waals surface area contributed by atoms with Crippen molar-refractivity contribution in [3.05, 3.63) is 42.5 Å². The van der Waals surface area contributed by atoms with E-state index in [1.807, 2.05) is 6.07 Å². The molecule has 0 N–H and O–H groups in total. The smallest absolute Gasteiger partial charge is 0.258 e. The topological polar surface area (TPSA) is 37.4 Å². The maximum atomic E-state index is 11.2. The molecule has 3 nitrogen and oxygen atoms in total. The lowest BCUT2D eigenvalue weighted by molar-refractivity contribution is -0.119. The monoisotopic (exact) mass is 245 g/mol. The van der Waals surface area contributed by atoms with E-state index in [0.29, 0.717) is 5.69 Å². The van der Waals surface area contributed by atoms with Crippen LogP contribution in [0.1, 0.15) is 33.1 Å². The normalized spacial score (nSPS) is 13.6. The third-order valence-corrected chi connectivity index (χ3v) is 2.53. The minimum absolute atomic E-state index is 0.281. The van der Waals surface area contributed by atoms with Crippen molar-refractivity contribution < 1.29 is 9.59 Å². The van der Waals surface area contributed by atoms with Crippen molar-refractivity contribution in [2.24, 2.45) is 0 Å². The fraction of sp³-hybridized carbons (Fsp3) is 0.333. The van der Waals surface area contributed by atoms with Gasteiger partial charge in [0.15, 0.2) is 0 Å². The molecule has 0 atom stereocenters. The first kappa shape index (κ1) is 14.2. The first-order valence-corrected chi connectivity index (χ1v) is 6.31. The molecular formula is C15H19NO2. The van der Waals surface area contributed by atoms with Gasteiger partial charge in [-0.15, -0.1) is 0 Å². The zero-order chi connectivity index (χ0) is 13.4. The number of anilines is 1. The first-order chi connectivity index (χ1) is 8.70. The van der Waals surface area contributed by atoms with Crippen LogP contribution in [0.5, 0.6) is 0 Å². The molecule has 0 fully saturated rings. The molecule has 18 heavy (non-hydrogen) atoms. The second-order valence-electron chi connectivity index (χ2n) is 4.03. The molecule has 96 valence electrons. The number of hydrogen-bond donors (Lipinski definition) is 0. The molecule has 0 unspecified atom stereocenters. The second-order valence-corrected chi connectivity index (χ2v) is 4.03. The molecule has 1 heterocycles. The number of rotatable bonds is 3. The molecule has 3 heteroatoms. The Balaban J connectivity index is 0.000000280. The van der Waals surface area contributed by atoms with Crippen molar-refractivity contribution in [3.63, 3.8) is 0 Å². The summed E-state index contributed by atoms with van der Waals surface area (Å²) in [5.74, 6) is -0.563. The van der Waals surface area contributed by atoms with Crippen LogP contribution in [0.2, 0.25) is 0 Å². The van der Waals surface area contributed by atoms with E-state index in [2.05, 4.69) is 13.8 Å². The van der Waals surface area contributed by atoms with Crippen molar-refractivity contribution in [2.45, 2.75) is 33.1 Å². The van der Waals surface area contributed by atoms with Gasteiger partial charge < -0.3 is 0 Å². The molecule has 0 aliphatic carbocycles. The Morgan fingerprint density at radius 2 is 1.39 bits per heavy atom. The molecule has 2 rings (SSSR count). The summed E-state index contributed by atoms with van der Waals surface area (Å²) < 4.78 is 0. The van der Waals surface area contributed by atoms with Crippen LogP contribution in [0.3, 0.4) is 0 Å². The van der Waals surface area contributed by atoms with E-state index in [9.17, 15) is 9.59 Å². The van der Waals surface area contributed by atoms with Gasteiger partial charge in [0.2, 0.25) is 0 Å². The highest BCUT2D eigenvalue weighted by Crippen LogP contribution is 2.17. The highest BCUT2D eigenvalue weighted by Gasteiger charge is 2.24. The lowest BCUT2D eigenvalue weighted by atomic mass is 10.3. The summed E-state index contributed by atoms with van der Waals surface area (Å²) in [6, 6.07) is 8.86. The van der Waals surface area contributed by atoms with Gasteiger partial charge in [0, 0.05) is 12.2 Å². The average Bonchev–Trinajstić information content (AvgIpc) is 2.72. The number of amides is 2. The largest absolute Gasteiger partial charge is 0.269 e. The minimum Gasteiger partial charge on any atom is -0.269 e. The van der Waals surface area contributed by atoms with Crippen molar-refractivity contribution >= 4 is 17.5 Å². The van der Waals surface area contributed by atoms with Gasteiger partial charge in [0.1, 0.15) is 0 Å². The molecule has 0 spiro atoms. The zero-order valence-corrected chi connectivity index (χ0v) is 10.9. The van der Waals surface area contributed by atoms with E-state index < -0.39 is 0 Å². The van der Waals surface area contributed by atoms with Gasteiger partial charge in [-0.25, -0.2) is 4.90 Å². The molecule has 1 aromatic carbocycles. The Hall–Kier alpha value is -1.90. The quantitative estimate of drug-likeness (QED) is 0.766. The maximum Gasteiger partial charge on any atom is 0.258 e. The van der Waals surface area contributed by atoms with E-state index in [1.54, 1.807) is 24.3 Å². The Morgan fingerprint density at radius 3 is 1.78 bits per heavy atom. The minimum atomic E-state index is -0.281. The van der Waals surface area contributed by atoms with E-state index in [0.717, 1.165) is 4.90 Å². The molecule has 2 amide bonds. The van der Waals surface area contributed by atoms with Gasteiger partial charge in [-0.3, -0.25) is 9.59 Å². The summed E-state index contributed by atoms with van der Waals surface area (Å²) in [5.41, 5.74) is 0.613. The average molecular weight is 245 g/mol. The number of imide groups is 1. The number of nitrogens with zero attached hydrogens (tertiary/aromatic N) is 1.